The van der Waals surface area contributed by atoms with Crippen LogP contribution in [-0.4, -0.2) is 39.4 Å². The topological polar surface area (TPSA) is 78.7 Å². The molecule has 0 unspecified atom stereocenters. The highest BCUT2D eigenvalue weighted by Crippen LogP contribution is 2.39. The van der Waals surface area contributed by atoms with Gasteiger partial charge >= 0.3 is 7.32 Å². The summed E-state index contributed by atoms with van der Waals surface area (Å²) in [4.78, 5) is 10.7. The van der Waals surface area contributed by atoms with E-state index < -0.39 is 7.32 Å². The van der Waals surface area contributed by atoms with Crippen LogP contribution in [0.5, 0.6) is 5.75 Å². The molecule has 0 spiro atoms. The predicted octanol–water partition coefficient (Wildman–Crippen LogP) is -0.0439. The summed E-state index contributed by atoms with van der Waals surface area (Å²) in [5.41, 5.74) is 0. The molecule has 0 aliphatic carbocycles. The van der Waals surface area contributed by atoms with Crippen LogP contribution in [0.2, 0.25) is 0 Å². The van der Waals surface area contributed by atoms with Crippen LogP contribution in [0.3, 0.4) is 0 Å². The number of anilines is 1. The van der Waals surface area contributed by atoms with E-state index in [2.05, 4.69) is 19.5 Å². The minimum absolute atomic E-state index is 0.260. The molecule has 0 aromatic carbocycles. The smallest absolute Gasteiger partial charge is 0.509 e. The highest BCUT2D eigenvalue weighted by atomic mass is 16.6. The van der Waals surface area contributed by atoms with E-state index in [1.807, 2.05) is 0 Å². The Bertz CT molecular complexity index is 380. The maximum atomic E-state index is 8.65. The summed E-state index contributed by atoms with van der Waals surface area (Å²) in [7, 11) is -1.83. The first-order chi connectivity index (χ1) is 8.24. The molecule has 0 saturated carbocycles. The molecule has 1 aromatic heterocycles. The number of hydrogen-bond acceptors (Lipinski definition) is 6. The van der Waals surface area contributed by atoms with E-state index in [0.29, 0.717) is 12.1 Å². The average Bonchev–Trinajstić information content (AvgIpc) is 2.89. The lowest BCUT2D eigenvalue weighted by Gasteiger charge is -2.21. The summed E-state index contributed by atoms with van der Waals surface area (Å²) in [6.45, 7) is 0. The van der Waals surface area contributed by atoms with E-state index in [4.69, 9.17) is 10.0 Å². The maximum absolute atomic E-state index is 8.65. The molecule has 0 radical (unpaired) electrons. The Kier molecular flexibility index (Phi) is 2.64. The minimum Gasteiger partial charge on any atom is -0.509 e. The van der Waals surface area contributed by atoms with Gasteiger partial charge in [-0.05, 0) is 25.7 Å². The molecular formula is C10H14BN3O3. The molecule has 90 valence electrons. The Morgan fingerprint density at radius 1 is 1.12 bits per heavy atom. The summed E-state index contributed by atoms with van der Waals surface area (Å²) < 4.78 is 4.67. The molecule has 3 rings (SSSR count). The van der Waals surface area contributed by atoms with Crippen LogP contribution in [0.4, 0.5) is 5.95 Å². The van der Waals surface area contributed by atoms with Crippen LogP contribution in [-0.2, 0) is 0 Å². The Morgan fingerprint density at radius 3 is 2.12 bits per heavy atom. The van der Waals surface area contributed by atoms with E-state index in [-0.39, 0.29) is 5.75 Å². The van der Waals surface area contributed by atoms with Gasteiger partial charge in [0.1, 0.15) is 5.75 Å². The van der Waals surface area contributed by atoms with Gasteiger partial charge in [-0.1, -0.05) is 0 Å². The highest BCUT2D eigenvalue weighted by Gasteiger charge is 2.40. The van der Waals surface area contributed by atoms with Crippen molar-refractivity contribution in [1.29, 1.82) is 0 Å². The van der Waals surface area contributed by atoms with Crippen molar-refractivity contribution in [2.75, 3.05) is 4.90 Å². The van der Waals surface area contributed by atoms with E-state index in [1.54, 1.807) is 0 Å². The van der Waals surface area contributed by atoms with Gasteiger partial charge in [-0.25, -0.2) is 9.97 Å². The van der Waals surface area contributed by atoms with Crippen molar-refractivity contribution < 1.29 is 14.7 Å². The monoisotopic (exact) mass is 235 g/mol. The van der Waals surface area contributed by atoms with Gasteiger partial charge in [0, 0.05) is 12.1 Å². The first kappa shape index (κ1) is 10.8. The van der Waals surface area contributed by atoms with E-state index in [1.165, 1.54) is 38.1 Å². The predicted molar refractivity (Wildman–Crippen MR) is 61.4 cm³/mol. The molecule has 0 amide bonds. The fourth-order valence-electron chi connectivity index (χ4n) is 2.86. The first-order valence-corrected chi connectivity index (χ1v) is 5.87. The zero-order valence-electron chi connectivity index (χ0n) is 9.36. The molecule has 2 aliphatic rings. The van der Waals surface area contributed by atoms with Crippen molar-refractivity contribution in [3.8, 4) is 5.75 Å². The number of aromatic nitrogens is 2. The largest absolute Gasteiger partial charge is 0.707 e. The lowest BCUT2D eigenvalue weighted by atomic mass is 10.0. The lowest BCUT2D eigenvalue weighted by Crippen LogP contribution is -2.30. The van der Waals surface area contributed by atoms with Gasteiger partial charge in [0.2, 0.25) is 5.95 Å². The van der Waals surface area contributed by atoms with Gasteiger partial charge < -0.3 is 19.6 Å². The van der Waals surface area contributed by atoms with Crippen LogP contribution in [0.15, 0.2) is 12.4 Å². The molecule has 1 aromatic rings. The van der Waals surface area contributed by atoms with Gasteiger partial charge in [0.05, 0.1) is 12.4 Å². The van der Waals surface area contributed by atoms with Crippen molar-refractivity contribution in [3.63, 3.8) is 0 Å². The Balaban J connectivity index is 1.76. The summed E-state index contributed by atoms with van der Waals surface area (Å²) in [5.74, 6) is 0.977. The normalized spacial score (nSPS) is 26.4. The third-order valence-electron chi connectivity index (χ3n) is 3.54. The number of nitrogens with zero attached hydrogens (tertiary/aromatic N) is 3. The van der Waals surface area contributed by atoms with Gasteiger partial charge in [-0.15, -0.1) is 0 Å². The van der Waals surface area contributed by atoms with E-state index in [9.17, 15) is 0 Å². The Labute approximate surface area is 99.4 Å². The SMILES string of the molecule is OB(O)Oc1cnc(N2C3CCC2CC3)nc1. The highest BCUT2D eigenvalue weighted by molar-refractivity contribution is 6.33. The summed E-state index contributed by atoms with van der Waals surface area (Å²) in [6.07, 6.45) is 7.84. The molecule has 0 atom stereocenters. The number of rotatable bonds is 3. The molecule has 2 aliphatic heterocycles. The van der Waals surface area contributed by atoms with E-state index >= 15 is 0 Å². The van der Waals surface area contributed by atoms with Crippen LogP contribution in [0.1, 0.15) is 25.7 Å². The van der Waals surface area contributed by atoms with Gasteiger partial charge in [0.15, 0.2) is 0 Å². The van der Waals surface area contributed by atoms with Crippen molar-refractivity contribution >= 4 is 13.3 Å². The van der Waals surface area contributed by atoms with Crippen LogP contribution in [0, 0.1) is 0 Å². The molecular weight excluding hydrogens is 221 g/mol. The molecule has 3 heterocycles. The molecule has 6 nitrogen and oxygen atoms in total. The average molecular weight is 235 g/mol. The molecule has 2 bridgehead atoms. The molecule has 7 heteroatoms. The van der Waals surface area contributed by atoms with Crippen LogP contribution >= 0.6 is 0 Å². The third-order valence-corrected chi connectivity index (χ3v) is 3.54. The fraction of sp³-hybridized carbons (Fsp3) is 0.600. The van der Waals surface area contributed by atoms with Crippen LogP contribution in [0.25, 0.3) is 0 Å². The standard InChI is InChI=1S/C10H14BN3O3/c15-11(16)17-9-5-12-10(13-6-9)14-7-1-2-8(14)4-3-7/h5-8,15-16H,1-4H2. The minimum atomic E-state index is -1.83. The second kappa shape index (κ2) is 4.16. The summed E-state index contributed by atoms with van der Waals surface area (Å²) in [5, 5.41) is 17.3. The molecule has 17 heavy (non-hydrogen) atoms. The van der Waals surface area contributed by atoms with Crippen molar-refractivity contribution in [3.05, 3.63) is 12.4 Å². The zero-order valence-corrected chi connectivity index (χ0v) is 9.36. The van der Waals surface area contributed by atoms with E-state index in [0.717, 1.165) is 5.95 Å². The zero-order chi connectivity index (χ0) is 11.8. The molecule has 2 N–H and O–H groups in total. The molecule has 2 saturated heterocycles. The summed E-state index contributed by atoms with van der Waals surface area (Å²) >= 11 is 0. The second-order valence-electron chi connectivity index (χ2n) is 4.53. The number of hydrogen-bond donors (Lipinski definition) is 2. The summed E-state index contributed by atoms with van der Waals surface area (Å²) in [6, 6.07) is 1.16. The van der Waals surface area contributed by atoms with Gasteiger partial charge in [0.25, 0.3) is 0 Å². The first-order valence-electron chi connectivity index (χ1n) is 5.87. The van der Waals surface area contributed by atoms with Gasteiger partial charge in [-0.2, -0.15) is 0 Å². The fourth-order valence-corrected chi connectivity index (χ4v) is 2.86. The van der Waals surface area contributed by atoms with Crippen molar-refractivity contribution in [2.45, 2.75) is 37.8 Å². The lowest BCUT2D eigenvalue weighted by molar-refractivity contribution is 0.287. The quantitative estimate of drug-likeness (QED) is 0.715. The Hall–Kier alpha value is -1.34. The van der Waals surface area contributed by atoms with Crippen molar-refractivity contribution in [1.82, 2.24) is 9.97 Å². The van der Waals surface area contributed by atoms with Crippen molar-refractivity contribution in [2.24, 2.45) is 0 Å². The Morgan fingerprint density at radius 2 is 1.65 bits per heavy atom. The van der Waals surface area contributed by atoms with Crippen LogP contribution < -0.4 is 9.55 Å². The maximum Gasteiger partial charge on any atom is 0.707 e. The third kappa shape index (κ3) is 1.96. The second-order valence-corrected chi connectivity index (χ2v) is 4.53. The number of fused-ring (bicyclic) bond motifs is 2. The molecule has 2 fully saturated rings. The van der Waals surface area contributed by atoms with Gasteiger partial charge in [-0.3, -0.25) is 0 Å².